The quantitative estimate of drug-likeness (QED) is 0.807. The van der Waals surface area contributed by atoms with Crippen molar-refractivity contribution in [3.05, 3.63) is 29.6 Å². The van der Waals surface area contributed by atoms with E-state index in [4.69, 9.17) is 0 Å². The van der Waals surface area contributed by atoms with Gasteiger partial charge in [-0.05, 0) is 37.9 Å². The van der Waals surface area contributed by atoms with Gasteiger partial charge in [-0.15, -0.1) is 0 Å². The van der Waals surface area contributed by atoms with E-state index in [1.807, 2.05) is 19.2 Å². The zero-order valence-electron chi connectivity index (χ0n) is 10.0. The summed E-state index contributed by atoms with van der Waals surface area (Å²) < 4.78 is 0. The molecule has 2 N–H and O–H groups in total. The van der Waals surface area contributed by atoms with Crippen LogP contribution in [-0.4, -0.2) is 28.8 Å². The summed E-state index contributed by atoms with van der Waals surface area (Å²) in [5.74, 6) is 0.169. The summed E-state index contributed by atoms with van der Waals surface area (Å²) in [6, 6.07) is 4.09. The number of hydrogen-bond acceptors (Lipinski definition) is 3. The van der Waals surface area contributed by atoms with Crippen LogP contribution in [0.3, 0.4) is 0 Å². The second-order valence-electron chi connectivity index (χ2n) is 4.78. The smallest absolute Gasteiger partial charge is 0.0826 e. The number of nitrogens with one attached hydrogen (secondary N) is 1. The first kappa shape index (κ1) is 11.6. The monoisotopic (exact) mass is 220 g/mol. The minimum Gasteiger partial charge on any atom is -0.388 e. The summed E-state index contributed by atoms with van der Waals surface area (Å²) >= 11 is 0. The van der Waals surface area contributed by atoms with Crippen LogP contribution in [-0.2, 0) is 6.42 Å². The first-order valence-electron chi connectivity index (χ1n) is 6.02. The van der Waals surface area contributed by atoms with E-state index >= 15 is 0 Å². The highest BCUT2D eigenvalue weighted by Gasteiger charge is 2.37. The van der Waals surface area contributed by atoms with Gasteiger partial charge < -0.3 is 10.4 Å². The van der Waals surface area contributed by atoms with Crippen molar-refractivity contribution in [1.82, 2.24) is 10.3 Å². The number of nitrogens with zero attached hydrogens (tertiary/aromatic N) is 1. The Morgan fingerprint density at radius 2 is 2.44 bits per heavy atom. The average molecular weight is 220 g/mol. The summed E-state index contributed by atoms with van der Waals surface area (Å²) in [7, 11) is 0. The maximum atomic E-state index is 10.5. The van der Waals surface area contributed by atoms with E-state index in [0.29, 0.717) is 6.54 Å². The van der Waals surface area contributed by atoms with Crippen LogP contribution in [0, 0.1) is 0 Å². The van der Waals surface area contributed by atoms with Gasteiger partial charge in [0.25, 0.3) is 0 Å². The molecule has 0 bridgehead atoms. The number of aromatic nitrogens is 1. The van der Waals surface area contributed by atoms with E-state index in [-0.39, 0.29) is 5.92 Å². The third-order valence-corrected chi connectivity index (χ3v) is 3.44. The number of hydrogen-bond donors (Lipinski definition) is 2. The van der Waals surface area contributed by atoms with Crippen molar-refractivity contribution < 1.29 is 5.11 Å². The molecule has 88 valence electrons. The van der Waals surface area contributed by atoms with Gasteiger partial charge in [0.05, 0.1) is 5.60 Å². The van der Waals surface area contributed by atoms with Crippen molar-refractivity contribution in [3.63, 3.8) is 0 Å². The molecule has 2 unspecified atom stereocenters. The maximum Gasteiger partial charge on any atom is 0.0826 e. The molecule has 3 nitrogen and oxygen atoms in total. The molecule has 1 heterocycles. The van der Waals surface area contributed by atoms with Gasteiger partial charge in [0.2, 0.25) is 0 Å². The van der Waals surface area contributed by atoms with Crippen LogP contribution in [0.15, 0.2) is 18.3 Å². The third kappa shape index (κ3) is 2.11. The van der Waals surface area contributed by atoms with Crippen molar-refractivity contribution in [2.75, 3.05) is 13.1 Å². The zero-order chi connectivity index (χ0) is 11.6. The fourth-order valence-electron chi connectivity index (χ4n) is 2.52. The number of rotatable bonds is 4. The van der Waals surface area contributed by atoms with Crippen molar-refractivity contribution in [2.24, 2.45) is 0 Å². The maximum absolute atomic E-state index is 10.5. The van der Waals surface area contributed by atoms with Gasteiger partial charge in [-0.2, -0.15) is 0 Å². The Labute approximate surface area is 96.9 Å². The second kappa shape index (κ2) is 4.52. The highest BCUT2D eigenvalue weighted by atomic mass is 16.3. The van der Waals surface area contributed by atoms with Crippen LogP contribution >= 0.6 is 0 Å². The van der Waals surface area contributed by atoms with Gasteiger partial charge in [0.1, 0.15) is 0 Å². The van der Waals surface area contributed by atoms with Gasteiger partial charge in [0.15, 0.2) is 0 Å². The van der Waals surface area contributed by atoms with Crippen molar-refractivity contribution in [1.29, 1.82) is 0 Å². The lowest BCUT2D eigenvalue weighted by Crippen LogP contribution is -2.42. The lowest BCUT2D eigenvalue weighted by atomic mass is 9.87. The standard InChI is InChI=1S/C13H20N2O/c1-3-14-9-13(2,16)11-7-6-10-5-4-8-15-12(10)11/h4-5,8,11,14,16H,3,6-7,9H2,1-2H3. The summed E-state index contributed by atoms with van der Waals surface area (Å²) in [6.45, 7) is 5.48. The Morgan fingerprint density at radius 3 is 3.19 bits per heavy atom. The molecule has 0 aliphatic heterocycles. The number of likely N-dealkylation sites (N-methyl/N-ethyl adjacent to an activating group) is 1. The van der Waals surface area contributed by atoms with Crippen LogP contribution in [0.5, 0.6) is 0 Å². The molecular weight excluding hydrogens is 200 g/mol. The van der Waals surface area contributed by atoms with Crippen LogP contribution < -0.4 is 5.32 Å². The summed E-state index contributed by atoms with van der Waals surface area (Å²) in [5, 5.41) is 13.7. The SMILES string of the molecule is CCNCC(C)(O)C1CCc2cccnc21. The van der Waals surface area contributed by atoms with Crippen LogP contribution in [0.1, 0.15) is 37.4 Å². The Morgan fingerprint density at radius 1 is 1.62 bits per heavy atom. The normalized spacial score (nSPS) is 22.8. The van der Waals surface area contributed by atoms with Crippen LogP contribution in [0.25, 0.3) is 0 Å². The summed E-state index contributed by atoms with van der Waals surface area (Å²) in [6.07, 6.45) is 3.86. The first-order chi connectivity index (χ1) is 7.65. The molecule has 0 saturated carbocycles. The Balaban J connectivity index is 2.17. The molecular formula is C13H20N2O. The topological polar surface area (TPSA) is 45.1 Å². The molecule has 2 rings (SSSR count). The van der Waals surface area contributed by atoms with E-state index in [0.717, 1.165) is 25.1 Å². The fourth-order valence-corrected chi connectivity index (χ4v) is 2.52. The van der Waals surface area contributed by atoms with Gasteiger partial charge in [-0.25, -0.2) is 0 Å². The van der Waals surface area contributed by atoms with E-state index in [9.17, 15) is 5.11 Å². The highest BCUT2D eigenvalue weighted by molar-refractivity contribution is 5.31. The minimum absolute atomic E-state index is 0.169. The number of aryl methyl sites for hydroxylation is 1. The third-order valence-electron chi connectivity index (χ3n) is 3.44. The molecule has 1 aromatic heterocycles. The van der Waals surface area contributed by atoms with Gasteiger partial charge in [-0.3, -0.25) is 4.98 Å². The predicted molar refractivity (Wildman–Crippen MR) is 64.5 cm³/mol. The summed E-state index contributed by atoms with van der Waals surface area (Å²) in [4.78, 5) is 4.43. The van der Waals surface area contributed by atoms with Gasteiger partial charge in [-0.1, -0.05) is 13.0 Å². The van der Waals surface area contributed by atoms with Crippen LogP contribution in [0.4, 0.5) is 0 Å². The molecule has 1 aromatic rings. The number of aliphatic hydroxyl groups is 1. The molecule has 0 saturated heterocycles. The molecule has 0 radical (unpaired) electrons. The van der Waals surface area contributed by atoms with Gasteiger partial charge >= 0.3 is 0 Å². The van der Waals surface area contributed by atoms with Crippen molar-refractivity contribution >= 4 is 0 Å². The Bertz CT molecular complexity index is 363. The number of pyridine rings is 1. The summed E-state index contributed by atoms with van der Waals surface area (Å²) in [5.41, 5.74) is 1.69. The van der Waals surface area contributed by atoms with Gasteiger partial charge in [0, 0.05) is 24.4 Å². The van der Waals surface area contributed by atoms with Crippen LogP contribution in [0.2, 0.25) is 0 Å². The molecule has 1 aliphatic carbocycles. The van der Waals surface area contributed by atoms with Crippen molar-refractivity contribution in [3.8, 4) is 0 Å². The number of fused-ring (bicyclic) bond motifs is 1. The molecule has 1 aliphatic rings. The molecule has 0 amide bonds. The molecule has 0 fully saturated rings. The lowest BCUT2D eigenvalue weighted by Gasteiger charge is -2.30. The van der Waals surface area contributed by atoms with Crippen molar-refractivity contribution in [2.45, 2.75) is 38.2 Å². The Kier molecular flexibility index (Phi) is 3.26. The zero-order valence-corrected chi connectivity index (χ0v) is 10.0. The molecule has 16 heavy (non-hydrogen) atoms. The average Bonchev–Trinajstić information content (AvgIpc) is 2.71. The largest absolute Gasteiger partial charge is 0.388 e. The fraction of sp³-hybridized carbons (Fsp3) is 0.615. The molecule has 2 atom stereocenters. The second-order valence-corrected chi connectivity index (χ2v) is 4.78. The Hall–Kier alpha value is -0.930. The van der Waals surface area contributed by atoms with E-state index in [1.54, 1.807) is 0 Å². The van der Waals surface area contributed by atoms with E-state index in [1.165, 1.54) is 5.56 Å². The van der Waals surface area contributed by atoms with E-state index in [2.05, 4.69) is 23.3 Å². The minimum atomic E-state index is -0.699. The molecule has 0 aromatic carbocycles. The molecule has 0 spiro atoms. The molecule has 3 heteroatoms. The van der Waals surface area contributed by atoms with E-state index < -0.39 is 5.60 Å². The lowest BCUT2D eigenvalue weighted by molar-refractivity contribution is 0.0304. The highest BCUT2D eigenvalue weighted by Crippen LogP contribution is 2.38. The first-order valence-corrected chi connectivity index (χ1v) is 6.02. The predicted octanol–water partition coefficient (Wildman–Crippen LogP) is 1.47.